The molecule has 6 nitrogen and oxygen atoms in total. The maximum Gasteiger partial charge on any atom is 0.318 e. The first-order chi connectivity index (χ1) is 7.79. The van der Waals surface area contributed by atoms with Crippen LogP contribution in [0.1, 0.15) is 27.2 Å². The number of urea groups is 1. The maximum atomic E-state index is 12.1. The number of primary amides is 1. The number of nitrogens with one attached hydrogen (secondary N) is 2. The van der Waals surface area contributed by atoms with Crippen LogP contribution in [0, 0.1) is 0 Å². The molecule has 3 amide bonds. The predicted molar refractivity (Wildman–Crippen MR) is 65.5 cm³/mol. The van der Waals surface area contributed by atoms with E-state index in [2.05, 4.69) is 10.6 Å². The van der Waals surface area contributed by atoms with E-state index in [4.69, 9.17) is 5.73 Å². The molecule has 0 saturated carbocycles. The van der Waals surface area contributed by atoms with E-state index >= 15 is 0 Å². The summed E-state index contributed by atoms with van der Waals surface area (Å²) in [6.45, 7) is 7.25. The van der Waals surface area contributed by atoms with Gasteiger partial charge in [-0.2, -0.15) is 0 Å². The molecule has 1 atom stereocenters. The molecule has 1 fully saturated rings. The molecular formula is C11H22N4O2. The van der Waals surface area contributed by atoms with E-state index in [9.17, 15) is 9.59 Å². The van der Waals surface area contributed by atoms with Crippen LogP contribution >= 0.6 is 0 Å². The quantitative estimate of drug-likeness (QED) is 0.632. The largest absolute Gasteiger partial charge is 0.368 e. The standard InChI is InChI=1S/C11H22N4O2/c1-11(2,3)14-10(17)15(7-9(12)16)8-4-5-13-6-8/h8,13H,4-7H2,1-3H3,(H2,12,16)(H,14,17). The highest BCUT2D eigenvalue weighted by Crippen LogP contribution is 2.10. The van der Waals surface area contributed by atoms with Gasteiger partial charge < -0.3 is 21.3 Å². The molecule has 4 N–H and O–H groups in total. The van der Waals surface area contributed by atoms with Crippen molar-refractivity contribution < 1.29 is 9.59 Å². The number of rotatable bonds is 3. The molecule has 1 unspecified atom stereocenters. The van der Waals surface area contributed by atoms with Gasteiger partial charge in [-0.15, -0.1) is 0 Å². The Bertz CT molecular complexity index is 292. The molecule has 0 aliphatic carbocycles. The van der Waals surface area contributed by atoms with Crippen LogP contribution in [0.4, 0.5) is 4.79 Å². The molecule has 98 valence electrons. The SMILES string of the molecule is CC(C)(C)NC(=O)N(CC(N)=O)C1CCNC1. The Kier molecular flexibility index (Phi) is 4.34. The van der Waals surface area contributed by atoms with E-state index in [1.165, 1.54) is 4.90 Å². The second-order valence-corrected chi connectivity index (χ2v) is 5.42. The van der Waals surface area contributed by atoms with Crippen LogP contribution in [0.3, 0.4) is 0 Å². The molecule has 0 aromatic rings. The van der Waals surface area contributed by atoms with Crippen LogP contribution in [0.5, 0.6) is 0 Å². The van der Waals surface area contributed by atoms with E-state index in [1.807, 2.05) is 20.8 Å². The second-order valence-electron chi connectivity index (χ2n) is 5.42. The van der Waals surface area contributed by atoms with E-state index in [1.54, 1.807) is 0 Å². The monoisotopic (exact) mass is 242 g/mol. The Morgan fingerprint density at radius 1 is 1.47 bits per heavy atom. The van der Waals surface area contributed by atoms with Gasteiger partial charge in [-0.1, -0.05) is 0 Å². The molecule has 0 spiro atoms. The van der Waals surface area contributed by atoms with E-state index in [-0.39, 0.29) is 24.2 Å². The summed E-state index contributed by atoms with van der Waals surface area (Å²) in [6.07, 6.45) is 0.852. The summed E-state index contributed by atoms with van der Waals surface area (Å²) >= 11 is 0. The van der Waals surface area contributed by atoms with Gasteiger partial charge in [0.15, 0.2) is 0 Å². The molecular weight excluding hydrogens is 220 g/mol. The zero-order chi connectivity index (χ0) is 13.1. The van der Waals surface area contributed by atoms with Crippen LogP contribution in [0.15, 0.2) is 0 Å². The van der Waals surface area contributed by atoms with Crippen LogP contribution in [-0.4, -0.2) is 48.1 Å². The summed E-state index contributed by atoms with van der Waals surface area (Å²) in [5, 5.41) is 6.02. The van der Waals surface area contributed by atoms with Crippen LogP contribution < -0.4 is 16.4 Å². The molecule has 6 heteroatoms. The number of hydrogen-bond acceptors (Lipinski definition) is 3. The summed E-state index contributed by atoms with van der Waals surface area (Å²) in [5.41, 5.74) is 4.86. The highest BCUT2D eigenvalue weighted by Gasteiger charge is 2.29. The first kappa shape index (κ1) is 13.8. The van der Waals surface area contributed by atoms with E-state index in [0.29, 0.717) is 6.54 Å². The Labute approximate surface area is 102 Å². The molecule has 0 aromatic heterocycles. The molecule has 0 bridgehead atoms. The van der Waals surface area contributed by atoms with Crippen molar-refractivity contribution in [2.75, 3.05) is 19.6 Å². The van der Waals surface area contributed by atoms with Gasteiger partial charge in [0, 0.05) is 18.1 Å². The van der Waals surface area contributed by atoms with Crippen molar-refractivity contribution in [3.63, 3.8) is 0 Å². The average Bonchev–Trinajstić information content (AvgIpc) is 2.63. The van der Waals surface area contributed by atoms with Gasteiger partial charge in [0.2, 0.25) is 5.91 Å². The van der Waals surface area contributed by atoms with Crippen molar-refractivity contribution in [2.45, 2.75) is 38.8 Å². The van der Waals surface area contributed by atoms with Crippen molar-refractivity contribution in [1.82, 2.24) is 15.5 Å². The molecule has 1 aliphatic rings. The van der Waals surface area contributed by atoms with Crippen molar-refractivity contribution in [2.24, 2.45) is 5.73 Å². The number of carbonyl (C=O) groups is 2. The van der Waals surface area contributed by atoms with Crippen molar-refractivity contribution >= 4 is 11.9 Å². The van der Waals surface area contributed by atoms with Gasteiger partial charge in [-0.25, -0.2) is 4.79 Å². The molecule has 0 radical (unpaired) electrons. The van der Waals surface area contributed by atoms with E-state index < -0.39 is 5.91 Å². The summed E-state index contributed by atoms with van der Waals surface area (Å²) in [4.78, 5) is 24.6. The number of hydrogen-bond donors (Lipinski definition) is 3. The van der Waals surface area contributed by atoms with Gasteiger partial charge in [-0.05, 0) is 33.7 Å². The molecule has 1 saturated heterocycles. The Morgan fingerprint density at radius 2 is 2.12 bits per heavy atom. The van der Waals surface area contributed by atoms with Crippen LogP contribution in [0.2, 0.25) is 0 Å². The van der Waals surface area contributed by atoms with Crippen molar-refractivity contribution in [3.05, 3.63) is 0 Å². The Balaban J connectivity index is 2.67. The fourth-order valence-electron chi connectivity index (χ4n) is 1.83. The summed E-state index contributed by atoms with van der Waals surface area (Å²) in [7, 11) is 0. The zero-order valence-electron chi connectivity index (χ0n) is 10.7. The predicted octanol–water partition coefficient (Wildman–Crippen LogP) is -0.356. The van der Waals surface area contributed by atoms with Crippen molar-refractivity contribution in [3.8, 4) is 0 Å². The lowest BCUT2D eigenvalue weighted by atomic mass is 10.1. The van der Waals surface area contributed by atoms with Gasteiger partial charge in [0.1, 0.15) is 6.54 Å². The number of amides is 3. The molecule has 0 aromatic carbocycles. The summed E-state index contributed by atoms with van der Waals surface area (Å²) < 4.78 is 0. The normalized spacial score (nSPS) is 20.1. The first-order valence-corrected chi connectivity index (χ1v) is 5.87. The summed E-state index contributed by atoms with van der Waals surface area (Å²) in [6, 6.07) is -0.185. The van der Waals surface area contributed by atoms with Gasteiger partial charge in [0.05, 0.1) is 0 Å². The lowest BCUT2D eigenvalue weighted by molar-refractivity contribution is -0.119. The zero-order valence-corrected chi connectivity index (χ0v) is 10.7. The third-order valence-electron chi connectivity index (χ3n) is 2.54. The lowest BCUT2D eigenvalue weighted by Crippen LogP contribution is -2.54. The molecule has 1 heterocycles. The van der Waals surface area contributed by atoms with Gasteiger partial charge >= 0.3 is 6.03 Å². The highest BCUT2D eigenvalue weighted by atomic mass is 16.2. The number of carbonyl (C=O) groups excluding carboxylic acids is 2. The summed E-state index contributed by atoms with van der Waals surface area (Å²) in [5.74, 6) is -0.485. The minimum Gasteiger partial charge on any atom is -0.368 e. The van der Waals surface area contributed by atoms with Gasteiger partial charge in [-0.3, -0.25) is 4.79 Å². The fraction of sp³-hybridized carbons (Fsp3) is 0.818. The van der Waals surface area contributed by atoms with Crippen LogP contribution in [0.25, 0.3) is 0 Å². The maximum absolute atomic E-state index is 12.1. The van der Waals surface area contributed by atoms with Crippen molar-refractivity contribution in [1.29, 1.82) is 0 Å². The second kappa shape index (κ2) is 5.35. The highest BCUT2D eigenvalue weighted by molar-refractivity contribution is 5.83. The van der Waals surface area contributed by atoms with Crippen LogP contribution in [-0.2, 0) is 4.79 Å². The Morgan fingerprint density at radius 3 is 2.53 bits per heavy atom. The average molecular weight is 242 g/mol. The number of nitrogens with zero attached hydrogens (tertiary/aromatic N) is 1. The smallest absolute Gasteiger partial charge is 0.318 e. The Hall–Kier alpha value is -1.30. The van der Waals surface area contributed by atoms with Gasteiger partial charge in [0.25, 0.3) is 0 Å². The molecule has 1 rings (SSSR count). The minimum absolute atomic E-state index is 0.0335. The topological polar surface area (TPSA) is 87.5 Å². The third-order valence-corrected chi connectivity index (χ3v) is 2.54. The van der Waals surface area contributed by atoms with E-state index in [0.717, 1.165) is 13.0 Å². The molecule has 17 heavy (non-hydrogen) atoms. The fourth-order valence-corrected chi connectivity index (χ4v) is 1.83. The first-order valence-electron chi connectivity index (χ1n) is 5.87. The third kappa shape index (κ3) is 4.60. The molecule has 1 aliphatic heterocycles. The lowest BCUT2D eigenvalue weighted by Gasteiger charge is -2.31. The minimum atomic E-state index is -0.485. The number of nitrogens with two attached hydrogens (primary N) is 1.